The summed E-state index contributed by atoms with van der Waals surface area (Å²) in [7, 11) is 0. The van der Waals surface area contributed by atoms with Gasteiger partial charge in [-0.15, -0.1) is 0 Å². The highest BCUT2D eigenvalue weighted by atomic mass is 16.4. The lowest BCUT2D eigenvalue weighted by Crippen LogP contribution is -2.07. The van der Waals surface area contributed by atoms with Gasteiger partial charge in [0.25, 0.3) is 0 Å². The normalized spacial score (nSPS) is 12.3. The number of nitrogens with zero attached hydrogens (tertiary/aromatic N) is 4. The number of rotatable bonds is 5. The van der Waals surface area contributed by atoms with Crippen molar-refractivity contribution in [2.45, 2.75) is 19.8 Å². The van der Waals surface area contributed by atoms with Crippen molar-refractivity contribution in [2.24, 2.45) is 0 Å². The summed E-state index contributed by atoms with van der Waals surface area (Å²) in [6.45, 7) is 3.40. The predicted molar refractivity (Wildman–Crippen MR) is 146 cm³/mol. The largest absolute Gasteiger partial charge is 0.478 e. The van der Waals surface area contributed by atoms with E-state index in [0.29, 0.717) is 49.7 Å². The highest BCUT2D eigenvalue weighted by Gasteiger charge is 2.23. The minimum Gasteiger partial charge on any atom is -0.478 e. The van der Waals surface area contributed by atoms with Gasteiger partial charge in [-0.25, -0.2) is 29.5 Å². The zero-order chi connectivity index (χ0) is 27.4. The van der Waals surface area contributed by atoms with Gasteiger partial charge >= 0.3 is 11.9 Å². The molecule has 1 atom stereocenters. The monoisotopic (exact) mass is 516 g/mol. The van der Waals surface area contributed by atoms with Crippen LogP contribution in [-0.4, -0.2) is 47.9 Å². The van der Waals surface area contributed by atoms with Crippen LogP contribution in [0.25, 0.3) is 44.1 Å². The predicted octanol–water partition coefficient (Wildman–Crippen LogP) is 5.63. The van der Waals surface area contributed by atoms with Crippen LogP contribution in [0.4, 0.5) is 0 Å². The zero-order valence-corrected chi connectivity index (χ0v) is 20.8. The van der Waals surface area contributed by atoms with E-state index >= 15 is 0 Å². The molecule has 0 fully saturated rings. The van der Waals surface area contributed by atoms with E-state index in [9.17, 15) is 24.6 Å². The van der Waals surface area contributed by atoms with E-state index in [2.05, 4.69) is 9.97 Å². The van der Waals surface area contributed by atoms with Crippen molar-refractivity contribution < 1.29 is 24.6 Å². The van der Waals surface area contributed by atoms with Gasteiger partial charge < -0.3 is 10.2 Å². The van der Waals surface area contributed by atoms with E-state index < -0.39 is 11.9 Å². The number of aromatic carboxylic acids is 2. The second-order valence-electron chi connectivity index (χ2n) is 9.30. The summed E-state index contributed by atoms with van der Waals surface area (Å²) in [6, 6.07) is 18.6. The van der Waals surface area contributed by atoms with E-state index in [1.54, 1.807) is 42.5 Å². The Bertz CT molecular complexity index is 2040. The number of Topliss-reactive ketones (excluding diaryl/α,β-unsaturated/α-hetero) is 1. The number of benzene rings is 4. The number of aromatic nitrogens is 4. The maximum atomic E-state index is 12.3. The third-order valence-electron chi connectivity index (χ3n) is 6.95. The molecule has 39 heavy (non-hydrogen) atoms. The molecular weight excluding hydrogens is 496 g/mol. The highest BCUT2D eigenvalue weighted by molar-refractivity contribution is 6.09. The summed E-state index contributed by atoms with van der Waals surface area (Å²) in [4.78, 5) is 54.9. The van der Waals surface area contributed by atoms with Gasteiger partial charge in [-0.05, 0) is 54.4 Å². The molecule has 0 amide bonds. The van der Waals surface area contributed by atoms with Crippen LogP contribution >= 0.6 is 0 Å². The Kier molecular flexibility index (Phi) is 5.50. The van der Waals surface area contributed by atoms with Gasteiger partial charge in [-0.2, -0.15) is 0 Å². The van der Waals surface area contributed by atoms with Crippen LogP contribution in [-0.2, 0) is 0 Å². The molecule has 190 valence electrons. The first-order valence-corrected chi connectivity index (χ1v) is 12.1. The van der Waals surface area contributed by atoms with Crippen LogP contribution in [0.1, 0.15) is 62.0 Å². The van der Waals surface area contributed by atoms with Gasteiger partial charge in [0.2, 0.25) is 0 Å². The quantitative estimate of drug-likeness (QED) is 0.220. The smallest absolute Gasteiger partial charge is 0.337 e. The van der Waals surface area contributed by atoms with Gasteiger partial charge in [-0.3, -0.25) is 4.79 Å². The molecule has 0 aliphatic rings. The fraction of sp³-hybridized carbons (Fsp3) is 0.100. The Morgan fingerprint density at radius 1 is 0.564 bits per heavy atom. The summed E-state index contributed by atoms with van der Waals surface area (Å²) in [5, 5.41) is 19.5. The van der Waals surface area contributed by atoms with Gasteiger partial charge in [0.15, 0.2) is 5.78 Å². The van der Waals surface area contributed by atoms with E-state index in [4.69, 9.17) is 9.97 Å². The summed E-state index contributed by atoms with van der Waals surface area (Å²) in [5.74, 6) is -2.72. The molecule has 2 N–H and O–H groups in total. The molecule has 0 saturated heterocycles. The van der Waals surface area contributed by atoms with Crippen molar-refractivity contribution in [3.63, 3.8) is 0 Å². The standard InChI is InChI=1S/C30H20N4O5/c1-14(16-6-3-9-21-24(16)31-23-11-5-8-19(29(36)37)26(23)32-21)17-12-13-20(30(38)39)28-27(17)34-25-18(15(2)35)7-4-10-22(25)33-28/h3-14H,1-2H3,(H,36,37)(H,38,39)/t14-/m1/s1. The molecule has 0 spiro atoms. The van der Waals surface area contributed by atoms with Crippen LogP contribution in [0.2, 0.25) is 0 Å². The molecule has 0 aliphatic heterocycles. The van der Waals surface area contributed by atoms with Crippen molar-refractivity contribution in [3.8, 4) is 0 Å². The second kappa shape index (κ2) is 8.91. The molecule has 0 radical (unpaired) electrons. The second-order valence-corrected chi connectivity index (χ2v) is 9.30. The van der Waals surface area contributed by atoms with Crippen molar-refractivity contribution in [1.82, 2.24) is 19.9 Å². The van der Waals surface area contributed by atoms with Crippen molar-refractivity contribution >= 4 is 61.9 Å². The van der Waals surface area contributed by atoms with Gasteiger partial charge in [0.05, 0.1) is 38.7 Å². The first-order valence-electron chi connectivity index (χ1n) is 12.1. The topological polar surface area (TPSA) is 143 Å². The molecule has 0 bridgehead atoms. The van der Waals surface area contributed by atoms with Crippen molar-refractivity contribution in [3.05, 3.63) is 94.5 Å². The molecule has 0 unspecified atom stereocenters. The number of carbonyl (C=O) groups excluding carboxylic acids is 1. The summed E-state index contributed by atoms with van der Waals surface area (Å²) < 4.78 is 0. The maximum absolute atomic E-state index is 12.3. The number of fused-ring (bicyclic) bond motifs is 4. The first-order chi connectivity index (χ1) is 18.7. The minimum absolute atomic E-state index is 0.00786. The summed E-state index contributed by atoms with van der Waals surface area (Å²) >= 11 is 0. The van der Waals surface area contributed by atoms with Crippen molar-refractivity contribution in [2.75, 3.05) is 0 Å². The first kappa shape index (κ1) is 24.1. The maximum Gasteiger partial charge on any atom is 0.337 e. The van der Waals surface area contributed by atoms with Crippen molar-refractivity contribution in [1.29, 1.82) is 0 Å². The Hall–Kier alpha value is -5.31. The Morgan fingerprint density at radius 3 is 1.69 bits per heavy atom. The Morgan fingerprint density at radius 2 is 1.05 bits per heavy atom. The zero-order valence-electron chi connectivity index (χ0n) is 20.8. The number of carbonyl (C=O) groups is 3. The van der Waals surface area contributed by atoms with Gasteiger partial charge in [0.1, 0.15) is 16.6 Å². The van der Waals surface area contributed by atoms with E-state index in [-0.39, 0.29) is 28.3 Å². The molecule has 4 aromatic carbocycles. The van der Waals surface area contributed by atoms with Crippen LogP contribution in [0.15, 0.2) is 66.7 Å². The number of carboxylic acids is 2. The molecule has 9 heteroatoms. The lowest BCUT2D eigenvalue weighted by atomic mass is 9.89. The van der Waals surface area contributed by atoms with E-state index in [1.165, 1.54) is 19.1 Å². The number of ketones is 1. The van der Waals surface area contributed by atoms with Crippen LogP contribution < -0.4 is 0 Å². The number of hydrogen-bond acceptors (Lipinski definition) is 7. The van der Waals surface area contributed by atoms with E-state index in [0.717, 1.165) is 5.56 Å². The summed E-state index contributed by atoms with van der Waals surface area (Å²) in [6.07, 6.45) is 0. The lowest BCUT2D eigenvalue weighted by Gasteiger charge is -2.18. The van der Waals surface area contributed by atoms with Gasteiger partial charge in [-0.1, -0.05) is 37.3 Å². The number of carboxylic acid groups (broad SMARTS) is 2. The molecule has 6 aromatic rings. The molecule has 0 saturated carbocycles. The van der Waals surface area contributed by atoms with Crippen LogP contribution in [0.5, 0.6) is 0 Å². The molecule has 2 heterocycles. The molecule has 6 rings (SSSR count). The average Bonchev–Trinajstić information content (AvgIpc) is 2.92. The molecule has 9 nitrogen and oxygen atoms in total. The Balaban J connectivity index is 1.63. The lowest BCUT2D eigenvalue weighted by molar-refractivity contribution is 0.0688. The third kappa shape index (κ3) is 3.83. The van der Waals surface area contributed by atoms with Gasteiger partial charge in [0, 0.05) is 11.5 Å². The fourth-order valence-electron chi connectivity index (χ4n) is 5.03. The van der Waals surface area contributed by atoms with Crippen LogP contribution in [0, 0.1) is 0 Å². The third-order valence-corrected chi connectivity index (χ3v) is 6.95. The fourth-order valence-corrected chi connectivity index (χ4v) is 5.03. The summed E-state index contributed by atoms with van der Waals surface area (Å²) in [5.41, 5.74) is 5.28. The molecule has 0 aliphatic carbocycles. The van der Waals surface area contributed by atoms with Crippen LogP contribution in [0.3, 0.4) is 0 Å². The average molecular weight is 517 g/mol. The number of para-hydroxylation sites is 3. The highest BCUT2D eigenvalue weighted by Crippen LogP contribution is 2.35. The SMILES string of the molecule is CC(=O)c1cccc2nc3c(C(=O)O)ccc([C@H](C)c4cccc5nc6c(C(=O)O)cccc6nc45)c3nc12. The molecule has 2 aromatic heterocycles. The molecular formula is C30H20N4O5. The van der Waals surface area contributed by atoms with E-state index in [1.807, 2.05) is 19.1 Å². The minimum atomic E-state index is -1.13. The number of hydrogen-bond donors (Lipinski definition) is 2. The Labute approximate surface area is 220 Å².